The first-order valence-corrected chi connectivity index (χ1v) is 12.7. The predicted octanol–water partition coefficient (Wildman–Crippen LogP) is 3.48. The van der Waals surface area contributed by atoms with Crippen LogP contribution in [0.15, 0.2) is 41.4 Å². The number of piperidine rings is 2. The number of halogens is 1. The zero-order valence-electron chi connectivity index (χ0n) is 18.5. The summed E-state index contributed by atoms with van der Waals surface area (Å²) in [7, 11) is -1.99. The van der Waals surface area contributed by atoms with Gasteiger partial charge in [0.15, 0.2) is 11.6 Å². The molecule has 0 unspecified atom stereocenters. The van der Waals surface area contributed by atoms with Crippen molar-refractivity contribution in [1.82, 2.24) is 14.2 Å². The largest absolute Gasteiger partial charge is 0.494 e. The molecule has 4 rings (SSSR count). The van der Waals surface area contributed by atoms with Crippen molar-refractivity contribution in [2.75, 3.05) is 38.6 Å². The Hall–Kier alpha value is -2.23. The minimum absolute atomic E-state index is 0.256. The lowest BCUT2D eigenvalue weighted by molar-refractivity contribution is 0.211. The average molecular weight is 463 g/mol. The number of pyridine rings is 1. The monoisotopic (exact) mass is 462 g/mol. The number of benzene rings is 1. The van der Waals surface area contributed by atoms with Crippen molar-refractivity contribution < 1.29 is 17.5 Å². The van der Waals surface area contributed by atoms with Gasteiger partial charge in [0.1, 0.15) is 10.7 Å². The fourth-order valence-corrected chi connectivity index (χ4v) is 5.85. The average Bonchev–Trinajstić information content (AvgIpc) is 2.81. The van der Waals surface area contributed by atoms with E-state index in [1.54, 1.807) is 22.5 Å². The number of nitrogens with zero attached hydrogens (tertiary/aromatic N) is 3. The van der Waals surface area contributed by atoms with Crippen molar-refractivity contribution >= 4 is 15.8 Å². The van der Waals surface area contributed by atoms with Crippen LogP contribution >= 0.6 is 0 Å². The van der Waals surface area contributed by atoms with Crippen molar-refractivity contribution in [2.24, 2.45) is 0 Å². The number of hydrogen-bond donors (Lipinski definition) is 1. The molecular weight excluding hydrogens is 431 g/mol. The first kappa shape index (κ1) is 22.9. The van der Waals surface area contributed by atoms with Crippen LogP contribution in [0.2, 0.25) is 0 Å². The summed E-state index contributed by atoms with van der Waals surface area (Å²) in [6, 6.07) is 8.77. The minimum Gasteiger partial charge on any atom is -0.494 e. The molecule has 0 amide bonds. The zero-order valence-corrected chi connectivity index (χ0v) is 19.3. The van der Waals surface area contributed by atoms with E-state index in [2.05, 4.69) is 15.2 Å². The van der Waals surface area contributed by atoms with Crippen molar-refractivity contribution in [1.29, 1.82) is 0 Å². The molecule has 0 spiro atoms. The molecular formula is C23H31FN4O3S. The number of ether oxygens (including phenoxy) is 1. The van der Waals surface area contributed by atoms with E-state index in [0.717, 1.165) is 50.8 Å². The van der Waals surface area contributed by atoms with Gasteiger partial charge in [-0.3, -0.25) is 4.90 Å². The quantitative estimate of drug-likeness (QED) is 0.679. The molecule has 3 heterocycles. The van der Waals surface area contributed by atoms with Crippen LogP contribution in [0.1, 0.15) is 37.7 Å². The van der Waals surface area contributed by atoms with Crippen LogP contribution < -0.4 is 10.1 Å². The molecule has 2 aliphatic heterocycles. The maximum atomic E-state index is 13.9. The van der Waals surface area contributed by atoms with E-state index in [-0.39, 0.29) is 22.5 Å². The third-order valence-electron chi connectivity index (χ3n) is 6.25. The number of methoxy groups -OCH3 is 1. The molecule has 0 atom stereocenters. The first-order valence-electron chi connectivity index (χ1n) is 11.2. The number of anilines is 1. The van der Waals surface area contributed by atoms with E-state index >= 15 is 0 Å². The molecule has 7 nitrogen and oxygen atoms in total. The molecule has 0 bridgehead atoms. The Bertz CT molecular complexity index is 1000. The van der Waals surface area contributed by atoms with E-state index in [4.69, 9.17) is 4.74 Å². The fraction of sp³-hybridized carbons (Fsp3) is 0.522. The number of nitrogens with one attached hydrogen (secondary N) is 1. The summed E-state index contributed by atoms with van der Waals surface area (Å²) >= 11 is 0. The lowest BCUT2D eigenvalue weighted by Gasteiger charge is -2.32. The summed E-state index contributed by atoms with van der Waals surface area (Å²) < 4.78 is 46.0. The summed E-state index contributed by atoms with van der Waals surface area (Å²) in [6.45, 7) is 3.67. The van der Waals surface area contributed by atoms with E-state index in [9.17, 15) is 12.8 Å². The number of aromatic nitrogens is 1. The van der Waals surface area contributed by atoms with Crippen LogP contribution in [-0.2, 0) is 16.6 Å². The van der Waals surface area contributed by atoms with Gasteiger partial charge in [0.25, 0.3) is 0 Å². The number of likely N-dealkylation sites (tertiary alicyclic amines) is 1. The maximum absolute atomic E-state index is 13.9. The van der Waals surface area contributed by atoms with E-state index in [1.807, 2.05) is 6.07 Å². The van der Waals surface area contributed by atoms with Crippen LogP contribution in [0.4, 0.5) is 10.2 Å². The highest BCUT2D eigenvalue weighted by molar-refractivity contribution is 7.89. The van der Waals surface area contributed by atoms with E-state index in [0.29, 0.717) is 25.5 Å². The van der Waals surface area contributed by atoms with Gasteiger partial charge in [-0.25, -0.2) is 17.8 Å². The number of hydrogen-bond acceptors (Lipinski definition) is 6. The highest BCUT2D eigenvalue weighted by Crippen LogP contribution is 2.23. The third-order valence-corrected chi connectivity index (χ3v) is 8.13. The van der Waals surface area contributed by atoms with Gasteiger partial charge in [-0.15, -0.1) is 0 Å². The van der Waals surface area contributed by atoms with Crippen molar-refractivity contribution in [2.45, 2.75) is 49.6 Å². The summed E-state index contributed by atoms with van der Waals surface area (Å²) in [5, 5.41) is 3.42. The van der Waals surface area contributed by atoms with Gasteiger partial charge in [0.2, 0.25) is 10.0 Å². The van der Waals surface area contributed by atoms with Gasteiger partial charge >= 0.3 is 0 Å². The topological polar surface area (TPSA) is 74.8 Å². The second kappa shape index (κ2) is 10.1. The molecule has 1 aromatic carbocycles. The van der Waals surface area contributed by atoms with Gasteiger partial charge in [-0.1, -0.05) is 12.5 Å². The Morgan fingerprint density at radius 1 is 1.09 bits per heavy atom. The summed E-state index contributed by atoms with van der Waals surface area (Å²) in [5.41, 5.74) is 0.932. The molecule has 1 aromatic heterocycles. The third kappa shape index (κ3) is 5.39. The SMILES string of the molecule is COc1ccc(CN2CCC(Nc3ccc(S(=O)(=O)N4CCCCC4)cn3)CC2)cc1F. The Kier molecular flexibility index (Phi) is 7.27. The molecule has 2 fully saturated rings. The zero-order chi connectivity index (χ0) is 22.6. The van der Waals surface area contributed by atoms with Crippen LogP contribution in [0.25, 0.3) is 0 Å². The van der Waals surface area contributed by atoms with Crippen LogP contribution in [0, 0.1) is 5.82 Å². The van der Waals surface area contributed by atoms with Crippen molar-refractivity contribution in [3.05, 3.63) is 47.9 Å². The minimum atomic E-state index is -3.45. The van der Waals surface area contributed by atoms with Crippen molar-refractivity contribution in [3.63, 3.8) is 0 Å². The first-order chi connectivity index (χ1) is 15.5. The van der Waals surface area contributed by atoms with Gasteiger partial charge < -0.3 is 10.1 Å². The molecule has 0 saturated carbocycles. The molecule has 2 aliphatic rings. The summed E-state index contributed by atoms with van der Waals surface area (Å²) in [6.07, 6.45) is 6.25. The Labute approximate surface area is 189 Å². The smallest absolute Gasteiger partial charge is 0.244 e. The van der Waals surface area contributed by atoms with Crippen LogP contribution in [0.3, 0.4) is 0 Å². The standard InChI is InChI=1S/C23H31FN4O3S/c1-31-22-7-5-18(15-21(22)24)17-27-13-9-19(10-14-27)26-23-8-6-20(16-25-23)32(29,30)28-11-3-2-4-12-28/h5-8,15-16,19H,2-4,9-14,17H2,1H3,(H,25,26). The highest BCUT2D eigenvalue weighted by Gasteiger charge is 2.26. The maximum Gasteiger partial charge on any atom is 0.244 e. The van der Waals surface area contributed by atoms with Crippen molar-refractivity contribution in [3.8, 4) is 5.75 Å². The second-order valence-electron chi connectivity index (χ2n) is 8.51. The molecule has 174 valence electrons. The predicted molar refractivity (Wildman–Crippen MR) is 122 cm³/mol. The lowest BCUT2D eigenvalue weighted by Crippen LogP contribution is -2.38. The molecule has 9 heteroatoms. The number of sulfonamides is 1. The van der Waals surface area contributed by atoms with Gasteiger partial charge in [-0.05, 0) is 55.5 Å². The Balaban J connectivity index is 1.28. The molecule has 0 radical (unpaired) electrons. The van der Waals surface area contributed by atoms with Gasteiger partial charge in [0, 0.05) is 45.0 Å². The Morgan fingerprint density at radius 3 is 2.47 bits per heavy atom. The molecule has 2 saturated heterocycles. The fourth-order valence-electron chi connectivity index (χ4n) is 4.38. The van der Waals surface area contributed by atoms with E-state index < -0.39 is 10.0 Å². The molecule has 2 aromatic rings. The second-order valence-corrected chi connectivity index (χ2v) is 10.4. The molecule has 0 aliphatic carbocycles. The lowest BCUT2D eigenvalue weighted by atomic mass is 10.0. The van der Waals surface area contributed by atoms with Gasteiger partial charge in [0.05, 0.1) is 7.11 Å². The van der Waals surface area contributed by atoms with Gasteiger partial charge in [-0.2, -0.15) is 4.31 Å². The van der Waals surface area contributed by atoms with E-state index in [1.165, 1.54) is 19.4 Å². The summed E-state index contributed by atoms with van der Waals surface area (Å²) in [5.74, 6) is 0.621. The molecule has 32 heavy (non-hydrogen) atoms. The molecule has 1 N–H and O–H groups in total. The number of rotatable bonds is 7. The Morgan fingerprint density at radius 2 is 1.84 bits per heavy atom. The van der Waals surface area contributed by atoms with Crippen LogP contribution in [-0.4, -0.2) is 61.9 Å². The van der Waals surface area contributed by atoms with Crippen LogP contribution in [0.5, 0.6) is 5.75 Å². The normalized spacial score (nSPS) is 19.1. The highest BCUT2D eigenvalue weighted by atomic mass is 32.2. The summed E-state index contributed by atoms with van der Waals surface area (Å²) in [4.78, 5) is 6.93.